The van der Waals surface area contributed by atoms with Gasteiger partial charge in [0.1, 0.15) is 0 Å². The number of hydrogen-bond acceptors (Lipinski definition) is 2. The van der Waals surface area contributed by atoms with Crippen LogP contribution in [0.1, 0.15) is 6.42 Å². The zero-order chi connectivity index (χ0) is 7.84. The second-order valence-corrected chi connectivity index (χ2v) is 3.25. The first-order valence-corrected chi connectivity index (χ1v) is 3.99. The molecular formula is C7H12N2O2. The molecule has 0 aliphatic carbocycles. The van der Waals surface area contributed by atoms with Gasteiger partial charge in [0, 0.05) is 19.6 Å². The van der Waals surface area contributed by atoms with Crippen LogP contribution in [0, 0.1) is 5.92 Å². The smallest absolute Gasteiger partial charge is 0.407 e. The summed E-state index contributed by atoms with van der Waals surface area (Å²) in [6, 6.07) is 0.257. The van der Waals surface area contributed by atoms with Gasteiger partial charge in [-0.3, -0.25) is 0 Å². The second-order valence-electron chi connectivity index (χ2n) is 3.25. The Kier molecular flexibility index (Phi) is 1.49. The molecule has 2 aliphatic heterocycles. The lowest BCUT2D eigenvalue weighted by molar-refractivity contribution is 0.140. The summed E-state index contributed by atoms with van der Waals surface area (Å²) in [7, 11) is 0. The number of carbonyl (C=O) groups is 1. The van der Waals surface area contributed by atoms with Gasteiger partial charge in [0.05, 0.1) is 6.04 Å². The van der Waals surface area contributed by atoms with Crippen LogP contribution >= 0.6 is 0 Å². The van der Waals surface area contributed by atoms with E-state index in [9.17, 15) is 4.79 Å². The summed E-state index contributed by atoms with van der Waals surface area (Å²) >= 11 is 0. The molecule has 2 aliphatic rings. The predicted molar refractivity (Wildman–Crippen MR) is 39.5 cm³/mol. The van der Waals surface area contributed by atoms with Gasteiger partial charge in [0.25, 0.3) is 0 Å². The van der Waals surface area contributed by atoms with E-state index in [1.54, 1.807) is 4.90 Å². The van der Waals surface area contributed by atoms with E-state index < -0.39 is 6.09 Å². The number of hydrogen-bond donors (Lipinski definition) is 2. The van der Waals surface area contributed by atoms with Crippen molar-refractivity contribution in [3.05, 3.63) is 0 Å². The number of amides is 1. The lowest BCUT2D eigenvalue weighted by Gasteiger charge is -2.19. The zero-order valence-corrected chi connectivity index (χ0v) is 6.29. The predicted octanol–water partition coefficient (Wildman–Crippen LogP) is -0.0419. The Bertz CT molecular complexity index is 183. The minimum atomic E-state index is -0.763. The topological polar surface area (TPSA) is 52.6 Å². The van der Waals surface area contributed by atoms with Crippen molar-refractivity contribution in [2.24, 2.45) is 5.92 Å². The fourth-order valence-electron chi connectivity index (χ4n) is 2.09. The number of fused-ring (bicyclic) bond motifs is 1. The molecule has 2 atom stereocenters. The van der Waals surface area contributed by atoms with E-state index in [1.165, 1.54) is 0 Å². The molecule has 2 saturated heterocycles. The zero-order valence-electron chi connectivity index (χ0n) is 6.29. The van der Waals surface area contributed by atoms with Crippen molar-refractivity contribution >= 4 is 6.09 Å². The Morgan fingerprint density at radius 2 is 2.36 bits per heavy atom. The maximum Gasteiger partial charge on any atom is 0.407 e. The van der Waals surface area contributed by atoms with Gasteiger partial charge in [-0.1, -0.05) is 0 Å². The third-order valence-corrected chi connectivity index (χ3v) is 2.69. The van der Waals surface area contributed by atoms with Crippen molar-refractivity contribution in [2.75, 3.05) is 19.6 Å². The standard InChI is InChI=1S/C7H12N2O2/c10-7(11)9-2-1-5-3-8-4-6(5)9/h5-6,8H,1-4H2,(H,10,11)/t5-,6+/m1/s1. The maximum absolute atomic E-state index is 10.6. The first kappa shape index (κ1) is 6.91. The average Bonchev–Trinajstić information content (AvgIpc) is 2.41. The van der Waals surface area contributed by atoms with Crippen molar-refractivity contribution in [1.29, 1.82) is 0 Å². The lowest BCUT2D eigenvalue weighted by atomic mass is 10.1. The first-order valence-electron chi connectivity index (χ1n) is 3.99. The molecule has 0 bridgehead atoms. The largest absolute Gasteiger partial charge is 0.465 e. The normalized spacial score (nSPS) is 35.8. The summed E-state index contributed by atoms with van der Waals surface area (Å²) in [6.45, 7) is 2.57. The summed E-state index contributed by atoms with van der Waals surface area (Å²) in [6.07, 6.45) is 0.269. The monoisotopic (exact) mass is 156 g/mol. The van der Waals surface area contributed by atoms with Crippen molar-refractivity contribution in [3.63, 3.8) is 0 Å². The van der Waals surface area contributed by atoms with E-state index >= 15 is 0 Å². The molecule has 0 spiro atoms. The third kappa shape index (κ3) is 0.976. The molecule has 2 rings (SSSR count). The molecule has 4 nitrogen and oxygen atoms in total. The van der Waals surface area contributed by atoms with Gasteiger partial charge in [-0.05, 0) is 12.3 Å². The number of nitrogens with zero attached hydrogens (tertiary/aromatic N) is 1. The molecule has 1 amide bonds. The van der Waals surface area contributed by atoms with Crippen molar-refractivity contribution < 1.29 is 9.90 Å². The third-order valence-electron chi connectivity index (χ3n) is 2.69. The molecule has 0 aromatic rings. The van der Waals surface area contributed by atoms with Crippen LogP contribution in [0.4, 0.5) is 4.79 Å². The van der Waals surface area contributed by atoms with Gasteiger partial charge in [-0.25, -0.2) is 4.79 Å². The summed E-state index contributed by atoms with van der Waals surface area (Å²) in [4.78, 5) is 12.2. The Hall–Kier alpha value is -0.770. The Balaban J connectivity index is 2.08. The minimum Gasteiger partial charge on any atom is -0.465 e. The lowest BCUT2D eigenvalue weighted by Crippen LogP contribution is -2.37. The van der Waals surface area contributed by atoms with Crippen LogP contribution in [0.5, 0.6) is 0 Å². The molecular weight excluding hydrogens is 144 g/mol. The number of rotatable bonds is 0. The Morgan fingerprint density at radius 3 is 3.09 bits per heavy atom. The van der Waals surface area contributed by atoms with E-state index in [1.807, 2.05) is 0 Å². The van der Waals surface area contributed by atoms with Gasteiger partial charge in [0.15, 0.2) is 0 Å². The average molecular weight is 156 g/mol. The molecule has 4 heteroatoms. The molecule has 2 fully saturated rings. The molecule has 0 saturated carbocycles. The van der Waals surface area contributed by atoms with E-state index in [4.69, 9.17) is 5.11 Å². The van der Waals surface area contributed by atoms with E-state index in [2.05, 4.69) is 5.32 Å². The quantitative estimate of drug-likeness (QED) is 0.517. The van der Waals surface area contributed by atoms with Crippen LogP contribution in [0.15, 0.2) is 0 Å². The maximum atomic E-state index is 10.6. The number of carboxylic acid groups (broad SMARTS) is 1. The molecule has 11 heavy (non-hydrogen) atoms. The van der Waals surface area contributed by atoms with Gasteiger partial charge in [0.2, 0.25) is 0 Å². The summed E-state index contributed by atoms with van der Waals surface area (Å²) in [5, 5.41) is 12.0. The van der Waals surface area contributed by atoms with Crippen LogP contribution in [0.2, 0.25) is 0 Å². The molecule has 0 aromatic heterocycles. The molecule has 2 heterocycles. The second kappa shape index (κ2) is 2.37. The molecule has 62 valence electrons. The summed E-state index contributed by atoms with van der Waals surface area (Å²) < 4.78 is 0. The molecule has 0 unspecified atom stereocenters. The molecule has 0 radical (unpaired) electrons. The molecule has 0 aromatic carbocycles. The fourth-order valence-corrected chi connectivity index (χ4v) is 2.09. The van der Waals surface area contributed by atoms with Gasteiger partial charge in [-0.15, -0.1) is 0 Å². The van der Waals surface area contributed by atoms with Crippen molar-refractivity contribution in [3.8, 4) is 0 Å². The highest BCUT2D eigenvalue weighted by Gasteiger charge is 2.39. The van der Waals surface area contributed by atoms with Gasteiger partial charge in [-0.2, -0.15) is 0 Å². The summed E-state index contributed by atoms with van der Waals surface area (Å²) in [5.41, 5.74) is 0. The minimum absolute atomic E-state index is 0.257. The van der Waals surface area contributed by atoms with E-state index in [0.717, 1.165) is 26.1 Å². The Morgan fingerprint density at radius 1 is 1.55 bits per heavy atom. The number of likely N-dealkylation sites (tertiary alicyclic amines) is 1. The highest BCUT2D eigenvalue weighted by atomic mass is 16.4. The van der Waals surface area contributed by atoms with E-state index in [0.29, 0.717) is 5.92 Å². The Labute approximate surface area is 65.2 Å². The molecule has 2 N–H and O–H groups in total. The van der Waals surface area contributed by atoms with E-state index in [-0.39, 0.29) is 6.04 Å². The van der Waals surface area contributed by atoms with Crippen LogP contribution in [-0.4, -0.2) is 41.8 Å². The van der Waals surface area contributed by atoms with Gasteiger partial charge < -0.3 is 15.3 Å². The van der Waals surface area contributed by atoms with Crippen molar-refractivity contribution in [2.45, 2.75) is 12.5 Å². The number of nitrogens with one attached hydrogen (secondary N) is 1. The van der Waals surface area contributed by atoms with Crippen LogP contribution in [0.3, 0.4) is 0 Å². The fraction of sp³-hybridized carbons (Fsp3) is 0.857. The highest BCUT2D eigenvalue weighted by Crippen LogP contribution is 2.26. The van der Waals surface area contributed by atoms with Crippen LogP contribution < -0.4 is 5.32 Å². The first-order chi connectivity index (χ1) is 5.29. The van der Waals surface area contributed by atoms with Crippen molar-refractivity contribution in [1.82, 2.24) is 10.2 Å². The van der Waals surface area contributed by atoms with Crippen LogP contribution in [0.25, 0.3) is 0 Å². The van der Waals surface area contributed by atoms with Gasteiger partial charge >= 0.3 is 6.09 Å². The highest BCUT2D eigenvalue weighted by molar-refractivity contribution is 5.66. The summed E-state index contributed by atoms with van der Waals surface area (Å²) in [5.74, 6) is 0.575. The SMILES string of the molecule is O=C(O)N1CC[C@@H]2CNC[C@@H]21. The van der Waals surface area contributed by atoms with Crippen LogP contribution in [-0.2, 0) is 0 Å².